The van der Waals surface area contributed by atoms with E-state index in [0.29, 0.717) is 19.5 Å². The van der Waals surface area contributed by atoms with Crippen LogP contribution in [-0.4, -0.2) is 51.6 Å². The number of aromatic nitrogens is 2. The Morgan fingerprint density at radius 2 is 1.88 bits per heavy atom. The van der Waals surface area contributed by atoms with Gasteiger partial charge in [-0.05, 0) is 68.9 Å². The Balaban J connectivity index is 1.51. The number of nitrogens with one attached hydrogen (secondary N) is 1. The molecule has 2 aliphatic heterocycles. The Labute approximate surface area is 199 Å². The Hall–Kier alpha value is -3.61. The van der Waals surface area contributed by atoms with Crippen LogP contribution in [0.15, 0.2) is 54.9 Å². The van der Waals surface area contributed by atoms with E-state index in [0.717, 1.165) is 46.6 Å². The lowest BCUT2D eigenvalue weighted by Crippen LogP contribution is -2.48. The van der Waals surface area contributed by atoms with Gasteiger partial charge in [0.05, 0.1) is 0 Å². The molecular weight excluding hydrogens is 428 g/mol. The number of ether oxygens (including phenoxy) is 1. The number of benzene rings is 2. The van der Waals surface area contributed by atoms with E-state index in [4.69, 9.17) is 4.74 Å². The number of hydrogen-bond acceptors (Lipinski definition) is 4. The number of anilines is 1. The third-order valence-corrected chi connectivity index (χ3v) is 6.39. The number of carbonyl (C=O) groups is 2. The molecule has 1 N–H and O–H groups in total. The van der Waals surface area contributed by atoms with Gasteiger partial charge in [0, 0.05) is 36.7 Å². The lowest BCUT2D eigenvalue weighted by atomic mass is 9.95. The standard InChI is InChI=1S/C27H30N4O3/c1-27(2,3)34-26(33)31-14-7-10-22(31)25(32)30-15-11-20-21(18-8-5-4-6-9-18)16-19(17-23(20)30)24-28-12-13-29-24/h4-6,8-9,12-13,16-17,22H,7,10-11,14-15H2,1-3H3,(H,28,29)/t22-/m0/s1. The SMILES string of the molecule is CC(C)(C)OC(=O)N1CCC[C@H]1C(=O)N1CCc2c(-c3ccccc3)cc(-c3ncc[nH]3)cc21. The lowest BCUT2D eigenvalue weighted by Gasteiger charge is -2.30. The summed E-state index contributed by atoms with van der Waals surface area (Å²) in [6, 6.07) is 13.9. The molecule has 34 heavy (non-hydrogen) atoms. The fraction of sp³-hybridized carbons (Fsp3) is 0.370. The Morgan fingerprint density at radius 3 is 2.59 bits per heavy atom. The molecule has 1 atom stereocenters. The number of amides is 2. The molecule has 2 aliphatic rings. The monoisotopic (exact) mass is 458 g/mol. The second-order valence-electron chi connectivity index (χ2n) is 9.90. The summed E-state index contributed by atoms with van der Waals surface area (Å²) in [5.74, 6) is 0.716. The highest BCUT2D eigenvalue weighted by atomic mass is 16.6. The van der Waals surface area contributed by atoms with E-state index < -0.39 is 17.7 Å². The van der Waals surface area contributed by atoms with E-state index in [1.54, 1.807) is 17.3 Å². The van der Waals surface area contributed by atoms with Crippen LogP contribution in [0.1, 0.15) is 39.2 Å². The van der Waals surface area contributed by atoms with Crippen molar-refractivity contribution in [2.75, 3.05) is 18.0 Å². The van der Waals surface area contributed by atoms with E-state index in [1.165, 1.54) is 0 Å². The largest absolute Gasteiger partial charge is 0.444 e. The van der Waals surface area contributed by atoms with Gasteiger partial charge in [0.2, 0.25) is 5.91 Å². The fourth-order valence-corrected chi connectivity index (χ4v) is 4.91. The molecule has 3 aromatic rings. The van der Waals surface area contributed by atoms with Gasteiger partial charge >= 0.3 is 6.09 Å². The predicted molar refractivity (Wildman–Crippen MR) is 131 cm³/mol. The first-order chi connectivity index (χ1) is 16.3. The van der Waals surface area contributed by atoms with E-state index in [2.05, 4.69) is 28.2 Å². The molecule has 0 unspecified atom stereocenters. The number of aromatic amines is 1. The Morgan fingerprint density at radius 1 is 1.09 bits per heavy atom. The number of rotatable bonds is 3. The maximum atomic E-state index is 13.8. The summed E-state index contributed by atoms with van der Waals surface area (Å²) in [6.45, 7) is 6.66. The van der Waals surface area contributed by atoms with Gasteiger partial charge in [0.1, 0.15) is 17.5 Å². The summed E-state index contributed by atoms with van der Waals surface area (Å²) in [7, 11) is 0. The summed E-state index contributed by atoms with van der Waals surface area (Å²) in [6.07, 6.45) is 5.31. The van der Waals surface area contributed by atoms with Crippen molar-refractivity contribution in [3.05, 3.63) is 60.4 Å². The van der Waals surface area contributed by atoms with Gasteiger partial charge < -0.3 is 14.6 Å². The van der Waals surface area contributed by atoms with Crippen LogP contribution in [-0.2, 0) is 16.0 Å². The van der Waals surface area contributed by atoms with Crippen LogP contribution in [0, 0.1) is 0 Å². The van der Waals surface area contributed by atoms with Gasteiger partial charge in [-0.2, -0.15) is 0 Å². The number of likely N-dealkylation sites (tertiary alicyclic amines) is 1. The van der Waals surface area contributed by atoms with Crippen molar-refractivity contribution >= 4 is 17.7 Å². The number of fused-ring (bicyclic) bond motifs is 1. The van der Waals surface area contributed by atoms with Crippen LogP contribution in [0.4, 0.5) is 10.5 Å². The van der Waals surface area contributed by atoms with Gasteiger partial charge in [-0.25, -0.2) is 9.78 Å². The minimum Gasteiger partial charge on any atom is -0.444 e. The summed E-state index contributed by atoms with van der Waals surface area (Å²) >= 11 is 0. The highest BCUT2D eigenvalue weighted by Crippen LogP contribution is 2.40. The number of H-pyrrole nitrogens is 1. The normalized spacial score (nSPS) is 17.7. The summed E-state index contributed by atoms with van der Waals surface area (Å²) in [4.78, 5) is 37.7. The molecule has 7 nitrogen and oxygen atoms in total. The van der Waals surface area contributed by atoms with Crippen LogP contribution < -0.4 is 4.90 Å². The zero-order valence-electron chi connectivity index (χ0n) is 19.9. The predicted octanol–water partition coefficient (Wildman–Crippen LogP) is 5.03. The van der Waals surface area contributed by atoms with Crippen LogP contribution in [0.2, 0.25) is 0 Å². The van der Waals surface area contributed by atoms with Crippen molar-refractivity contribution in [3.63, 3.8) is 0 Å². The first-order valence-electron chi connectivity index (χ1n) is 11.8. The molecule has 176 valence electrons. The summed E-state index contributed by atoms with van der Waals surface area (Å²) in [5, 5.41) is 0. The Bertz CT molecular complexity index is 1200. The van der Waals surface area contributed by atoms with Gasteiger partial charge in [0.15, 0.2) is 0 Å². The molecule has 2 aromatic carbocycles. The van der Waals surface area contributed by atoms with Crippen LogP contribution in [0.3, 0.4) is 0 Å². The number of imidazole rings is 1. The first-order valence-corrected chi connectivity index (χ1v) is 11.8. The summed E-state index contributed by atoms with van der Waals surface area (Å²) in [5.41, 5.74) is 4.59. The minimum atomic E-state index is -0.601. The number of hydrogen-bond donors (Lipinski definition) is 1. The summed E-state index contributed by atoms with van der Waals surface area (Å²) < 4.78 is 5.58. The minimum absolute atomic E-state index is 0.0438. The molecule has 7 heteroatoms. The third-order valence-electron chi connectivity index (χ3n) is 6.39. The molecule has 3 heterocycles. The van der Waals surface area contributed by atoms with Crippen molar-refractivity contribution in [1.82, 2.24) is 14.9 Å². The van der Waals surface area contributed by atoms with Gasteiger partial charge in [-0.3, -0.25) is 9.69 Å². The van der Waals surface area contributed by atoms with Crippen LogP contribution in [0.25, 0.3) is 22.5 Å². The van der Waals surface area contributed by atoms with Crippen molar-refractivity contribution in [3.8, 4) is 22.5 Å². The second-order valence-corrected chi connectivity index (χ2v) is 9.90. The molecule has 0 saturated carbocycles. The van der Waals surface area contributed by atoms with Gasteiger partial charge in [-0.1, -0.05) is 30.3 Å². The van der Waals surface area contributed by atoms with Gasteiger partial charge in [-0.15, -0.1) is 0 Å². The van der Waals surface area contributed by atoms with Crippen molar-refractivity contribution in [2.45, 2.75) is 51.7 Å². The topological polar surface area (TPSA) is 78.5 Å². The molecule has 0 bridgehead atoms. The van der Waals surface area contributed by atoms with E-state index in [1.807, 2.05) is 49.9 Å². The smallest absolute Gasteiger partial charge is 0.410 e. The molecular formula is C27H30N4O3. The van der Waals surface area contributed by atoms with Crippen LogP contribution >= 0.6 is 0 Å². The molecule has 1 saturated heterocycles. The fourth-order valence-electron chi connectivity index (χ4n) is 4.91. The lowest BCUT2D eigenvalue weighted by molar-refractivity contribution is -0.122. The third kappa shape index (κ3) is 4.18. The maximum Gasteiger partial charge on any atom is 0.410 e. The van der Waals surface area contributed by atoms with Gasteiger partial charge in [0.25, 0.3) is 0 Å². The molecule has 5 rings (SSSR count). The number of carbonyl (C=O) groups excluding carboxylic acids is 2. The van der Waals surface area contributed by atoms with E-state index >= 15 is 0 Å². The zero-order chi connectivity index (χ0) is 23.9. The second kappa shape index (κ2) is 8.63. The number of nitrogens with zero attached hydrogens (tertiary/aromatic N) is 3. The average Bonchev–Trinajstić information content (AvgIpc) is 3.58. The highest BCUT2D eigenvalue weighted by molar-refractivity contribution is 6.02. The first kappa shape index (κ1) is 22.2. The molecule has 0 spiro atoms. The Kier molecular flexibility index (Phi) is 5.63. The molecule has 0 aliphatic carbocycles. The van der Waals surface area contributed by atoms with Crippen molar-refractivity contribution in [2.24, 2.45) is 0 Å². The average molecular weight is 459 g/mol. The molecule has 1 aromatic heterocycles. The quantitative estimate of drug-likeness (QED) is 0.597. The van der Waals surface area contributed by atoms with E-state index in [-0.39, 0.29) is 5.91 Å². The zero-order valence-corrected chi connectivity index (χ0v) is 19.9. The molecule has 0 radical (unpaired) electrons. The van der Waals surface area contributed by atoms with E-state index in [9.17, 15) is 9.59 Å². The highest BCUT2D eigenvalue weighted by Gasteiger charge is 2.41. The maximum absolute atomic E-state index is 13.8. The van der Waals surface area contributed by atoms with Crippen molar-refractivity contribution in [1.29, 1.82) is 0 Å². The molecule has 2 amide bonds. The molecule has 1 fully saturated rings. The van der Waals surface area contributed by atoms with Crippen molar-refractivity contribution < 1.29 is 14.3 Å². The van der Waals surface area contributed by atoms with Crippen LogP contribution in [0.5, 0.6) is 0 Å².